The Morgan fingerprint density at radius 2 is 2.19 bits per heavy atom. The molecule has 0 saturated carbocycles. The third-order valence-corrected chi connectivity index (χ3v) is 3.13. The number of rotatable bonds is 7. The normalized spacial score (nSPS) is 12.7. The van der Waals surface area contributed by atoms with Crippen molar-refractivity contribution >= 4 is 15.9 Å². The number of nitrogens with one attached hydrogen (secondary N) is 1. The molecule has 1 rings (SSSR count). The van der Waals surface area contributed by atoms with Crippen LogP contribution in [-0.2, 0) is 6.54 Å². The van der Waals surface area contributed by atoms with Crippen molar-refractivity contribution in [2.45, 2.75) is 52.1 Å². The van der Waals surface area contributed by atoms with Gasteiger partial charge in [0.1, 0.15) is 0 Å². The van der Waals surface area contributed by atoms with Crippen molar-refractivity contribution in [2.24, 2.45) is 0 Å². The fraction of sp³-hybridized carbons (Fsp3) is 0.615. The zero-order valence-corrected chi connectivity index (χ0v) is 11.8. The minimum atomic E-state index is 0.581. The van der Waals surface area contributed by atoms with E-state index in [9.17, 15) is 0 Å². The van der Waals surface area contributed by atoms with E-state index in [1.807, 2.05) is 12.3 Å². The maximum absolute atomic E-state index is 4.34. The molecule has 0 aliphatic carbocycles. The lowest BCUT2D eigenvalue weighted by molar-refractivity contribution is 0.484. The molecule has 1 N–H and O–H groups in total. The third kappa shape index (κ3) is 5.61. The number of hydrogen-bond acceptors (Lipinski definition) is 2. The molecule has 0 aliphatic rings. The molecule has 0 radical (unpaired) electrons. The summed E-state index contributed by atoms with van der Waals surface area (Å²) >= 11 is 3.38. The topological polar surface area (TPSA) is 24.9 Å². The van der Waals surface area contributed by atoms with Gasteiger partial charge in [0.25, 0.3) is 0 Å². The highest BCUT2D eigenvalue weighted by Crippen LogP contribution is 2.08. The molecule has 1 unspecified atom stereocenters. The van der Waals surface area contributed by atoms with E-state index in [1.54, 1.807) is 0 Å². The van der Waals surface area contributed by atoms with E-state index in [4.69, 9.17) is 0 Å². The van der Waals surface area contributed by atoms with Crippen molar-refractivity contribution in [3.05, 3.63) is 28.5 Å². The van der Waals surface area contributed by atoms with Crippen LogP contribution in [0.25, 0.3) is 0 Å². The number of aromatic nitrogens is 1. The van der Waals surface area contributed by atoms with Gasteiger partial charge in [0.15, 0.2) is 0 Å². The minimum Gasteiger partial charge on any atom is -0.309 e. The molecule has 90 valence electrons. The highest BCUT2D eigenvalue weighted by molar-refractivity contribution is 9.10. The molecule has 16 heavy (non-hydrogen) atoms. The van der Waals surface area contributed by atoms with Crippen molar-refractivity contribution in [3.63, 3.8) is 0 Å². The first-order chi connectivity index (χ1) is 7.72. The average molecular weight is 285 g/mol. The monoisotopic (exact) mass is 284 g/mol. The van der Waals surface area contributed by atoms with Crippen molar-refractivity contribution in [1.82, 2.24) is 10.3 Å². The highest BCUT2D eigenvalue weighted by Gasteiger charge is 2.01. The summed E-state index contributed by atoms with van der Waals surface area (Å²) in [7, 11) is 0. The van der Waals surface area contributed by atoms with Crippen LogP contribution in [0, 0.1) is 0 Å². The quantitative estimate of drug-likeness (QED) is 0.768. The summed E-state index contributed by atoms with van der Waals surface area (Å²) in [6.45, 7) is 5.35. The van der Waals surface area contributed by atoms with Gasteiger partial charge in [-0.15, -0.1) is 0 Å². The lowest BCUT2D eigenvalue weighted by Gasteiger charge is -2.12. The van der Waals surface area contributed by atoms with Crippen LogP contribution in [0.4, 0.5) is 0 Å². The summed E-state index contributed by atoms with van der Waals surface area (Å²) < 4.78 is 1.03. The molecule has 0 amide bonds. The first kappa shape index (κ1) is 13.7. The molecule has 0 bridgehead atoms. The van der Waals surface area contributed by atoms with Crippen molar-refractivity contribution in [3.8, 4) is 0 Å². The molecule has 1 aromatic rings. The molecule has 2 nitrogen and oxygen atoms in total. The summed E-state index contributed by atoms with van der Waals surface area (Å²) in [5.74, 6) is 0. The fourth-order valence-corrected chi connectivity index (χ4v) is 1.83. The lowest BCUT2D eigenvalue weighted by atomic mass is 10.1. The molecule has 1 aromatic heterocycles. The Kier molecular flexibility index (Phi) is 6.65. The van der Waals surface area contributed by atoms with Gasteiger partial charge < -0.3 is 5.32 Å². The Labute approximate surface area is 107 Å². The smallest absolute Gasteiger partial charge is 0.0542 e. The maximum Gasteiger partial charge on any atom is 0.0542 e. The lowest BCUT2D eigenvalue weighted by Crippen LogP contribution is -2.25. The van der Waals surface area contributed by atoms with Crippen LogP contribution in [0.1, 0.15) is 45.2 Å². The van der Waals surface area contributed by atoms with E-state index in [0.29, 0.717) is 6.04 Å². The van der Waals surface area contributed by atoms with Crippen LogP contribution in [-0.4, -0.2) is 11.0 Å². The molecular weight excluding hydrogens is 264 g/mol. The van der Waals surface area contributed by atoms with E-state index in [0.717, 1.165) is 16.7 Å². The standard InChI is InChI=1S/C13H21BrN2/c1-3-4-5-6-11(2)15-10-13-8-7-12(14)9-16-13/h7-9,11,15H,3-6,10H2,1-2H3. The first-order valence-corrected chi connectivity index (χ1v) is 6.85. The Morgan fingerprint density at radius 3 is 2.81 bits per heavy atom. The molecule has 3 heteroatoms. The molecular formula is C13H21BrN2. The maximum atomic E-state index is 4.34. The van der Waals surface area contributed by atoms with Gasteiger partial charge in [-0.3, -0.25) is 4.98 Å². The largest absolute Gasteiger partial charge is 0.309 e. The zero-order chi connectivity index (χ0) is 11.8. The van der Waals surface area contributed by atoms with E-state index in [1.165, 1.54) is 25.7 Å². The van der Waals surface area contributed by atoms with Crippen LogP contribution >= 0.6 is 15.9 Å². The molecule has 0 fully saturated rings. The summed E-state index contributed by atoms with van der Waals surface area (Å²) in [4.78, 5) is 4.34. The second-order valence-electron chi connectivity index (χ2n) is 4.25. The predicted molar refractivity (Wildman–Crippen MR) is 72.4 cm³/mol. The third-order valence-electron chi connectivity index (χ3n) is 2.66. The van der Waals surface area contributed by atoms with Crippen molar-refractivity contribution in [1.29, 1.82) is 0 Å². The van der Waals surface area contributed by atoms with Gasteiger partial charge in [-0.05, 0) is 41.4 Å². The molecule has 0 aliphatic heterocycles. The molecule has 1 heterocycles. The van der Waals surface area contributed by atoms with E-state index in [2.05, 4.69) is 46.1 Å². The molecule has 0 saturated heterocycles. The van der Waals surface area contributed by atoms with Crippen LogP contribution in [0.3, 0.4) is 0 Å². The Balaban J connectivity index is 2.20. The van der Waals surface area contributed by atoms with Crippen LogP contribution < -0.4 is 5.32 Å². The van der Waals surface area contributed by atoms with Crippen molar-refractivity contribution < 1.29 is 0 Å². The van der Waals surface area contributed by atoms with E-state index in [-0.39, 0.29) is 0 Å². The molecule has 0 spiro atoms. The van der Waals surface area contributed by atoms with Crippen molar-refractivity contribution in [2.75, 3.05) is 0 Å². The number of unbranched alkanes of at least 4 members (excludes halogenated alkanes) is 2. The number of halogens is 1. The Morgan fingerprint density at radius 1 is 1.38 bits per heavy atom. The average Bonchev–Trinajstić information content (AvgIpc) is 2.29. The van der Waals surface area contributed by atoms with Gasteiger partial charge in [-0.2, -0.15) is 0 Å². The zero-order valence-electron chi connectivity index (χ0n) is 10.2. The first-order valence-electron chi connectivity index (χ1n) is 6.06. The van der Waals surface area contributed by atoms with Gasteiger partial charge in [-0.1, -0.05) is 26.2 Å². The SMILES string of the molecule is CCCCCC(C)NCc1ccc(Br)cn1. The van der Waals surface area contributed by atoms with E-state index >= 15 is 0 Å². The van der Waals surface area contributed by atoms with Crippen LogP contribution in [0.5, 0.6) is 0 Å². The molecule has 0 aromatic carbocycles. The Hall–Kier alpha value is -0.410. The number of hydrogen-bond donors (Lipinski definition) is 1. The van der Waals surface area contributed by atoms with Gasteiger partial charge in [0.2, 0.25) is 0 Å². The minimum absolute atomic E-state index is 0.581. The summed E-state index contributed by atoms with van der Waals surface area (Å²) in [5, 5.41) is 3.50. The highest BCUT2D eigenvalue weighted by atomic mass is 79.9. The van der Waals surface area contributed by atoms with E-state index < -0.39 is 0 Å². The molecule has 1 atom stereocenters. The van der Waals surface area contributed by atoms with Gasteiger partial charge in [-0.25, -0.2) is 0 Å². The van der Waals surface area contributed by atoms with Gasteiger partial charge in [0.05, 0.1) is 5.69 Å². The predicted octanol–water partition coefficient (Wildman–Crippen LogP) is 3.90. The van der Waals surface area contributed by atoms with Crippen LogP contribution in [0.15, 0.2) is 22.8 Å². The summed E-state index contributed by atoms with van der Waals surface area (Å²) in [6, 6.07) is 4.67. The Bertz CT molecular complexity index is 284. The van der Waals surface area contributed by atoms with Gasteiger partial charge in [0, 0.05) is 23.3 Å². The fourth-order valence-electron chi connectivity index (χ4n) is 1.59. The number of pyridine rings is 1. The second kappa shape index (κ2) is 7.80. The number of nitrogens with zero attached hydrogens (tertiary/aromatic N) is 1. The van der Waals surface area contributed by atoms with Crippen LogP contribution in [0.2, 0.25) is 0 Å². The summed E-state index contributed by atoms with van der Waals surface area (Å²) in [5.41, 5.74) is 1.10. The second-order valence-corrected chi connectivity index (χ2v) is 5.16. The summed E-state index contributed by atoms with van der Waals surface area (Å²) in [6.07, 6.45) is 7.05. The van der Waals surface area contributed by atoms with Gasteiger partial charge >= 0.3 is 0 Å².